The topological polar surface area (TPSA) is 34.1 Å². The van der Waals surface area contributed by atoms with Crippen molar-refractivity contribution in [3.8, 4) is 0 Å². The molecule has 0 aromatic carbocycles. The first-order valence-corrected chi connectivity index (χ1v) is 8.75. The summed E-state index contributed by atoms with van der Waals surface area (Å²) in [4.78, 5) is 22.5. The molecule has 2 nitrogen and oxygen atoms in total. The molecule has 0 rings (SSSR count). The lowest BCUT2D eigenvalue weighted by Gasteiger charge is -2.26. The third-order valence-corrected chi connectivity index (χ3v) is 4.02. The Bertz CT molecular complexity index is 445. The van der Waals surface area contributed by atoms with Gasteiger partial charge in [0.15, 0.2) is 0 Å². The largest absolute Gasteiger partial charge is 0.460 e. The minimum absolute atomic E-state index is 0.280. The van der Waals surface area contributed by atoms with Crippen LogP contribution in [-0.2, 0) is 9.59 Å². The fourth-order valence-corrected chi connectivity index (χ4v) is 2.36. The molecule has 0 radical (unpaired) electrons. The van der Waals surface area contributed by atoms with Crippen LogP contribution in [-0.4, -0.2) is 29.6 Å². The molecule has 0 bridgehead atoms. The second-order valence-electron chi connectivity index (χ2n) is 6.36. The first-order valence-electron chi connectivity index (χ1n) is 8.75. The molecular weight excluding hydrogens is 369 g/mol. The van der Waals surface area contributed by atoms with Gasteiger partial charge in [-0.1, -0.05) is 58.3 Å². The fourth-order valence-electron chi connectivity index (χ4n) is 2.36. The maximum atomic E-state index is 13.1. The number of unbranched alkanes of at least 4 members (excludes halogenated alkanes) is 8. The van der Waals surface area contributed by atoms with Gasteiger partial charge in [-0.25, -0.2) is 0 Å². The highest BCUT2D eigenvalue weighted by atomic mass is 19.4. The van der Waals surface area contributed by atoms with Gasteiger partial charge in [-0.05, 0) is 6.42 Å². The van der Waals surface area contributed by atoms with Crippen LogP contribution in [0.4, 0.5) is 30.7 Å². The van der Waals surface area contributed by atoms with Crippen molar-refractivity contribution in [2.24, 2.45) is 0 Å². The summed E-state index contributed by atoms with van der Waals surface area (Å²) < 4.78 is 87.5. The van der Waals surface area contributed by atoms with Gasteiger partial charge < -0.3 is 0 Å². The van der Waals surface area contributed by atoms with Crippen molar-refractivity contribution < 1.29 is 40.3 Å². The van der Waals surface area contributed by atoms with E-state index in [0.29, 0.717) is 6.42 Å². The predicted octanol–water partition coefficient (Wildman–Crippen LogP) is 6.27. The summed E-state index contributed by atoms with van der Waals surface area (Å²) in [6.07, 6.45) is -0.303. The molecule has 154 valence electrons. The zero-order chi connectivity index (χ0) is 20.4. The predicted molar refractivity (Wildman–Crippen MR) is 82.4 cm³/mol. The van der Waals surface area contributed by atoms with Crippen LogP contribution < -0.4 is 0 Å². The van der Waals surface area contributed by atoms with Crippen molar-refractivity contribution in [2.75, 3.05) is 0 Å². The van der Waals surface area contributed by atoms with Crippen LogP contribution in [0.3, 0.4) is 0 Å². The number of hydrogen-bond donors (Lipinski definition) is 0. The SMILES string of the molecule is CCCCCCCCCCCC(=O)CC(=O)C(F)(F)C(F)(F)C(F)(F)F. The summed E-state index contributed by atoms with van der Waals surface area (Å²) in [5.74, 6) is -16.2. The molecule has 0 heterocycles. The van der Waals surface area contributed by atoms with Gasteiger partial charge in [-0.3, -0.25) is 9.59 Å². The number of hydrogen-bond acceptors (Lipinski definition) is 2. The molecule has 0 spiro atoms. The average molecular weight is 394 g/mol. The Labute approximate surface area is 148 Å². The van der Waals surface area contributed by atoms with Gasteiger partial charge >= 0.3 is 18.0 Å². The summed E-state index contributed by atoms with van der Waals surface area (Å²) in [6, 6.07) is 0. The van der Waals surface area contributed by atoms with Crippen LogP contribution in [0, 0.1) is 0 Å². The quantitative estimate of drug-likeness (QED) is 0.198. The van der Waals surface area contributed by atoms with Crippen molar-refractivity contribution in [3.63, 3.8) is 0 Å². The number of rotatable bonds is 14. The summed E-state index contributed by atoms with van der Waals surface area (Å²) in [7, 11) is 0. The lowest BCUT2D eigenvalue weighted by Crippen LogP contribution is -2.56. The first-order chi connectivity index (χ1) is 11.9. The zero-order valence-corrected chi connectivity index (χ0v) is 14.7. The molecule has 0 atom stereocenters. The van der Waals surface area contributed by atoms with Crippen LogP contribution in [0.1, 0.15) is 77.6 Å². The molecule has 0 saturated carbocycles. The Morgan fingerprint density at radius 3 is 1.54 bits per heavy atom. The molecule has 0 aliphatic rings. The van der Waals surface area contributed by atoms with Crippen molar-refractivity contribution >= 4 is 11.6 Å². The average Bonchev–Trinajstić information content (AvgIpc) is 2.51. The number of halogens is 7. The third-order valence-electron chi connectivity index (χ3n) is 4.02. The van der Waals surface area contributed by atoms with E-state index in [0.717, 1.165) is 38.5 Å². The van der Waals surface area contributed by atoms with Crippen molar-refractivity contribution in [1.29, 1.82) is 0 Å². The highest BCUT2D eigenvalue weighted by molar-refractivity contribution is 6.02. The Hall–Kier alpha value is -1.15. The molecule has 0 aromatic heterocycles. The van der Waals surface area contributed by atoms with E-state index >= 15 is 0 Å². The fraction of sp³-hybridized carbons (Fsp3) is 0.882. The molecule has 0 amide bonds. The lowest BCUT2D eigenvalue weighted by atomic mass is 9.99. The lowest BCUT2D eigenvalue weighted by molar-refractivity contribution is -0.343. The minimum Gasteiger partial charge on any atom is -0.299 e. The van der Waals surface area contributed by atoms with Gasteiger partial charge in [-0.15, -0.1) is 0 Å². The van der Waals surface area contributed by atoms with Gasteiger partial charge in [0.25, 0.3) is 0 Å². The van der Waals surface area contributed by atoms with E-state index in [1.165, 1.54) is 6.42 Å². The zero-order valence-electron chi connectivity index (χ0n) is 14.7. The minimum atomic E-state index is -6.58. The molecule has 26 heavy (non-hydrogen) atoms. The number of Topliss-reactive ketones (excluding diaryl/α,β-unsaturated/α-hetero) is 2. The van der Waals surface area contributed by atoms with Gasteiger partial charge in [0.05, 0.1) is 6.42 Å². The summed E-state index contributed by atoms with van der Waals surface area (Å²) in [5.41, 5.74) is 0. The molecule has 0 aliphatic heterocycles. The molecule has 0 aromatic rings. The number of ketones is 2. The van der Waals surface area contributed by atoms with Crippen LogP contribution in [0.2, 0.25) is 0 Å². The third kappa shape index (κ3) is 7.61. The Kier molecular flexibility index (Phi) is 10.4. The molecule has 0 aliphatic carbocycles. The smallest absolute Gasteiger partial charge is 0.299 e. The highest BCUT2D eigenvalue weighted by Crippen LogP contribution is 2.47. The van der Waals surface area contributed by atoms with Gasteiger partial charge in [0.2, 0.25) is 5.78 Å². The van der Waals surface area contributed by atoms with Crippen molar-refractivity contribution in [2.45, 2.75) is 95.6 Å². The number of carbonyl (C=O) groups excluding carboxylic acids is 2. The monoisotopic (exact) mass is 394 g/mol. The molecular formula is C17H25F7O2. The van der Waals surface area contributed by atoms with Gasteiger partial charge in [-0.2, -0.15) is 30.7 Å². The highest BCUT2D eigenvalue weighted by Gasteiger charge is 2.75. The van der Waals surface area contributed by atoms with Gasteiger partial charge in [0, 0.05) is 6.42 Å². The number of carbonyl (C=O) groups is 2. The van der Waals surface area contributed by atoms with E-state index in [9.17, 15) is 40.3 Å². The standard InChI is InChI=1S/C17H25F7O2/c1-2-3-4-5-6-7-8-9-10-11-13(25)12-14(26)15(18,19)16(20,21)17(22,23)24/h2-12H2,1H3. The van der Waals surface area contributed by atoms with E-state index in [1.54, 1.807) is 0 Å². The van der Waals surface area contributed by atoms with E-state index in [2.05, 4.69) is 6.92 Å². The second kappa shape index (κ2) is 10.9. The molecule has 9 heteroatoms. The maximum Gasteiger partial charge on any atom is 0.460 e. The Morgan fingerprint density at radius 2 is 1.12 bits per heavy atom. The normalized spacial score (nSPS) is 13.1. The molecule has 0 unspecified atom stereocenters. The summed E-state index contributed by atoms with van der Waals surface area (Å²) in [6.45, 7) is 2.10. The van der Waals surface area contributed by atoms with E-state index in [1.807, 2.05) is 0 Å². The first kappa shape index (κ1) is 24.8. The van der Waals surface area contributed by atoms with Crippen LogP contribution in [0.5, 0.6) is 0 Å². The number of alkyl halides is 7. The Morgan fingerprint density at radius 1 is 0.692 bits per heavy atom. The molecule has 0 saturated heterocycles. The second-order valence-corrected chi connectivity index (χ2v) is 6.36. The van der Waals surface area contributed by atoms with Crippen LogP contribution >= 0.6 is 0 Å². The Balaban J connectivity index is 4.15. The van der Waals surface area contributed by atoms with Gasteiger partial charge in [0.1, 0.15) is 5.78 Å². The van der Waals surface area contributed by atoms with Crippen LogP contribution in [0.25, 0.3) is 0 Å². The van der Waals surface area contributed by atoms with Crippen LogP contribution in [0.15, 0.2) is 0 Å². The summed E-state index contributed by atoms with van der Waals surface area (Å²) >= 11 is 0. The molecule has 0 N–H and O–H groups in total. The maximum absolute atomic E-state index is 13.1. The van der Waals surface area contributed by atoms with E-state index in [4.69, 9.17) is 0 Å². The van der Waals surface area contributed by atoms with E-state index < -0.39 is 36.0 Å². The van der Waals surface area contributed by atoms with Crippen molar-refractivity contribution in [1.82, 2.24) is 0 Å². The van der Waals surface area contributed by atoms with E-state index in [-0.39, 0.29) is 12.8 Å². The van der Waals surface area contributed by atoms with Crippen molar-refractivity contribution in [3.05, 3.63) is 0 Å². The summed E-state index contributed by atoms with van der Waals surface area (Å²) in [5, 5.41) is 0. The molecule has 0 fully saturated rings.